The summed E-state index contributed by atoms with van der Waals surface area (Å²) in [7, 11) is 0. The summed E-state index contributed by atoms with van der Waals surface area (Å²) in [4.78, 5) is 0. The highest BCUT2D eigenvalue weighted by atomic mass is 19.4. The molecule has 0 heterocycles. The number of alkyl halides is 3. The number of fused-ring (bicyclic) bond motifs is 1. The molecule has 0 bridgehead atoms. The number of ether oxygens (including phenoxy) is 1. The third kappa shape index (κ3) is 4.49. The molecular weight excluding hydrogens is 363 g/mol. The number of unbranched alkanes of at least 4 members (excludes halogenated alkanes) is 1. The SMILES string of the molecule is CCCCC1=CCc2c(ccc(-c3ccc(OC(F)(F)F)c(F)c3)c2F)C1. The minimum absolute atomic E-state index is 0.164. The molecule has 2 aromatic rings. The van der Waals surface area contributed by atoms with E-state index in [1.54, 1.807) is 6.07 Å². The highest BCUT2D eigenvalue weighted by Crippen LogP contribution is 2.34. The molecule has 144 valence electrons. The number of halogens is 5. The van der Waals surface area contributed by atoms with Gasteiger partial charge in [0.2, 0.25) is 0 Å². The first-order valence-corrected chi connectivity index (χ1v) is 8.82. The first-order valence-electron chi connectivity index (χ1n) is 8.82. The van der Waals surface area contributed by atoms with Crippen molar-refractivity contribution in [1.82, 2.24) is 0 Å². The van der Waals surface area contributed by atoms with Gasteiger partial charge >= 0.3 is 6.36 Å². The molecule has 27 heavy (non-hydrogen) atoms. The van der Waals surface area contributed by atoms with Crippen LogP contribution in [0.2, 0.25) is 0 Å². The smallest absolute Gasteiger partial charge is 0.403 e. The fourth-order valence-corrected chi connectivity index (χ4v) is 3.30. The quantitative estimate of drug-likeness (QED) is 0.411. The molecule has 0 aromatic heterocycles. The predicted molar refractivity (Wildman–Crippen MR) is 93.5 cm³/mol. The number of benzene rings is 2. The molecule has 0 N–H and O–H groups in total. The van der Waals surface area contributed by atoms with Gasteiger partial charge in [-0.05, 0) is 54.5 Å². The van der Waals surface area contributed by atoms with Crippen LogP contribution < -0.4 is 4.74 Å². The summed E-state index contributed by atoms with van der Waals surface area (Å²) in [5, 5.41) is 0. The Hall–Kier alpha value is -2.37. The Balaban J connectivity index is 1.87. The molecule has 1 aliphatic rings. The molecule has 3 rings (SSSR count). The highest BCUT2D eigenvalue weighted by molar-refractivity contribution is 5.67. The van der Waals surface area contributed by atoms with Crippen LogP contribution in [0.25, 0.3) is 11.1 Å². The van der Waals surface area contributed by atoms with Crippen molar-refractivity contribution in [2.24, 2.45) is 0 Å². The van der Waals surface area contributed by atoms with Crippen LogP contribution in [0.15, 0.2) is 42.0 Å². The average molecular weight is 382 g/mol. The summed E-state index contributed by atoms with van der Waals surface area (Å²) in [6.07, 6.45) is 1.38. The molecule has 0 aliphatic heterocycles. The minimum atomic E-state index is -4.98. The predicted octanol–water partition coefficient (Wildman–Crippen LogP) is 6.75. The second kappa shape index (κ2) is 7.71. The normalized spacial score (nSPS) is 13.9. The molecule has 0 amide bonds. The van der Waals surface area contributed by atoms with Crippen LogP contribution >= 0.6 is 0 Å². The largest absolute Gasteiger partial charge is 0.573 e. The second-order valence-electron chi connectivity index (χ2n) is 6.60. The molecule has 0 saturated carbocycles. The van der Waals surface area contributed by atoms with Crippen molar-refractivity contribution in [3.63, 3.8) is 0 Å². The van der Waals surface area contributed by atoms with Crippen molar-refractivity contribution in [2.45, 2.75) is 45.4 Å². The van der Waals surface area contributed by atoms with Gasteiger partial charge in [-0.3, -0.25) is 0 Å². The van der Waals surface area contributed by atoms with Crippen molar-refractivity contribution < 1.29 is 26.7 Å². The maximum Gasteiger partial charge on any atom is 0.573 e. The maximum absolute atomic E-state index is 15.0. The zero-order valence-corrected chi connectivity index (χ0v) is 14.8. The molecule has 6 heteroatoms. The lowest BCUT2D eigenvalue weighted by Crippen LogP contribution is -2.17. The molecule has 1 nitrogen and oxygen atoms in total. The van der Waals surface area contributed by atoms with Gasteiger partial charge < -0.3 is 4.74 Å². The van der Waals surface area contributed by atoms with E-state index in [2.05, 4.69) is 11.7 Å². The number of hydrogen-bond donors (Lipinski definition) is 0. The highest BCUT2D eigenvalue weighted by Gasteiger charge is 2.32. The Morgan fingerprint density at radius 1 is 1.07 bits per heavy atom. The first-order chi connectivity index (χ1) is 12.8. The van der Waals surface area contributed by atoms with E-state index in [9.17, 15) is 22.0 Å². The molecule has 0 atom stereocenters. The Kier molecular flexibility index (Phi) is 5.53. The molecule has 0 unspecified atom stereocenters. The van der Waals surface area contributed by atoms with E-state index in [1.807, 2.05) is 12.1 Å². The third-order valence-electron chi connectivity index (χ3n) is 4.67. The molecular formula is C21H19F5O. The van der Waals surface area contributed by atoms with Crippen LogP contribution in [0.5, 0.6) is 5.75 Å². The summed E-state index contributed by atoms with van der Waals surface area (Å²) in [6.45, 7) is 2.12. The van der Waals surface area contributed by atoms with Gasteiger partial charge in [0.15, 0.2) is 11.6 Å². The van der Waals surface area contributed by atoms with Gasteiger partial charge in [-0.1, -0.05) is 43.2 Å². The minimum Gasteiger partial charge on any atom is -0.403 e. The zero-order chi connectivity index (χ0) is 19.6. The van der Waals surface area contributed by atoms with Crippen LogP contribution in [-0.4, -0.2) is 6.36 Å². The van der Waals surface area contributed by atoms with E-state index in [0.717, 1.165) is 37.0 Å². The summed E-state index contributed by atoms with van der Waals surface area (Å²) < 4.78 is 69.3. The summed E-state index contributed by atoms with van der Waals surface area (Å²) in [6, 6.07) is 6.30. The summed E-state index contributed by atoms with van der Waals surface area (Å²) in [5.74, 6) is -2.58. The first kappa shape index (κ1) is 19.4. The van der Waals surface area contributed by atoms with E-state index in [-0.39, 0.29) is 11.1 Å². The number of hydrogen-bond acceptors (Lipinski definition) is 1. The molecule has 0 saturated heterocycles. The molecule has 0 radical (unpaired) electrons. The Morgan fingerprint density at radius 2 is 1.85 bits per heavy atom. The number of rotatable bonds is 5. The van der Waals surface area contributed by atoms with E-state index < -0.39 is 23.7 Å². The van der Waals surface area contributed by atoms with Gasteiger partial charge in [0, 0.05) is 5.56 Å². The van der Waals surface area contributed by atoms with Crippen molar-refractivity contribution >= 4 is 0 Å². The van der Waals surface area contributed by atoms with Gasteiger partial charge in [-0.25, -0.2) is 8.78 Å². The lowest BCUT2D eigenvalue weighted by molar-refractivity contribution is -0.275. The van der Waals surface area contributed by atoms with E-state index >= 15 is 0 Å². The Labute approximate surface area is 154 Å². The fraction of sp³-hybridized carbons (Fsp3) is 0.333. The van der Waals surface area contributed by atoms with Gasteiger partial charge in [0.1, 0.15) is 5.82 Å². The Morgan fingerprint density at radius 3 is 2.52 bits per heavy atom. The summed E-state index contributed by atoms with van der Waals surface area (Å²) >= 11 is 0. The van der Waals surface area contributed by atoms with Gasteiger partial charge in [0.25, 0.3) is 0 Å². The van der Waals surface area contributed by atoms with Crippen molar-refractivity contribution in [1.29, 1.82) is 0 Å². The van der Waals surface area contributed by atoms with E-state index in [1.165, 1.54) is 11.6 Å². The van der Waals surface area contributed by atoms with Gasteiger partial charge in [-0.2, -0.15) is 0 Å². The molecule has 0 fully saturated rings. The monoisotopic (exact) mass is 382 g/mol. The van der Waals surface area contributed by atoms with Crippen LogP contribution in [0.3, 0.4) is 0 Å². The topological polar surface area (TPSA) is 9.23 Å². The number of allylic oxidation sites excluding steroid dienone is 2. The fourth-order valence-electron chi connectivity index (χ4n) is 3.30. The van der Waals surface area contributed by atoms with Crippen molar-refractivity contribution in [3.05, 3.63) is 64.7 Å². The van der Waals surface area contributed by atoms with E-state index in [4.69, 9.17) is 0 Å². The lowest BCUT2D eigenvalue weighted by Gasteiger charge is -2.19. The molecule has 1 aliphatic carbocycles. The average Bonchev–Trinajstić information content (AvgIpc) is 2.61. The van der Waals surface area contributed by atoms with Gasteiger partial charge in [0.05, 0.1) is 0 Å². The summed E-state index contributed by atoms with van der Waals surface area (Å²) in [5.41, 5.74) is 3.09. The van der Waals surface area contributed by atoms with E-state index in [0.29, 0.717) is 18.4 Å². The standard InChI is InChI=1S/C21H19F5O/c1-2-3-4-13-5-8-16-14(11-13)6-9-17(20(16)23)15-7-10-19(18(22)12-15)27-21(24,25)26/h5-7,9-10,12H,2-4,8,11H2,1H3. The van der Waals surface area contributed by atoms with Crippen LogP contribution in [0.1, 0.15) is 37.3 Å². The maximum atomic E-state index is 15.0. The zero-order valence-electron chi connectivity index (χ0n) is 14.8. The lowest BCUT2D eigenvalue weighted by atomic mass is 9.87. The van der Waals surface area contributed by atoms with Crippen molar-refractivity contribution in [3.8, 4) is 16.9 Å². The van der Waals surface area contributed by atoms with Gasteiger partial charge in [-0.15, -0.1) is 13.2 Å². The van der Waals surface area contributed by atoms with Crippen LogP contribution in [-0.2, 0) is 12.8 Å². The molecule has 2 aromatic carbocycles. The third-order valence-corrected chi connectivity index (χ3v) is 4.67. The second-order valence-corrected chi connectivity index (χ2v) is 6.60. The van der Waals surface area contributed by atoms with Crippen LogP contribution in [0.4, 0.5) is 22.0 Å². The van der Waals surface area contributed by atoms with Crippen molar-refractivity contribution in [2.75, 3.05) is 0 Å². The Bertz CT molecular complexity index is 868. The molecule has 0 spiro atoms. The van der Waals surface area contributed by atoms with Crippen LogP contribution in [0, 0.1) is 11.6 Å².